The second kappa shape index (κ2) is 14.3. The third-order valence-electron chi connectivity index (χ3n) is 3.98. The van der Waals surface area contributed by atoms with Gasteiger partial charge in [-0.25, -0.2) is 4.79 Å². The van der Waals surface area contributed by atoms with E-state index < -0.39 is 16.3 Å². The van der Waals surface area contributed by atoms with Crippen LogP contribution in [0.4, 0.5) is 0 Å². The minimum absolute atomic E-state index is 0.0739. The Kier molecular flexibility index (Phi) is 13.9. The smallest absolute Gasteiger partial charge is 0.333 e. The topological polar surface area (TPSA) is 52.6 Å². The van der Waals surface area contributed by atoms with Gasteiger partial charge < -0.3 is 9.47 Å². The number of unbranched alkanes of at least 4 members (excludes halogenated alkanes) is 9. The molecule has 5 heteroatoms. The van der Waals surface area contributed by atoms with Gasteiger partial charge in [-0.15, -0.1) is 0 Å². The SMILES string of the molecule is C=C(C)C(=O)OCC(C)(Br)C(=O)OCCCCCCCCCCCC. The Hall–Kier alpha value is -0.840. The lowest BCUT2D eigenvalue weighted by atomic mass is 10.1. The summed E-state index contributed by atoms with van der Waals surface area (Å²) < 4.78 is 9.26. The molecule has 0 heterocycles. The maximum absolute atomic E-state index is 12.0. The molecule has 0 spiro atoms. The van der Waals surface area contributed by atoms with Crippen molar-refractivity contribution in [1.82, 2.24) is 0 Å². The molecule has 146 valence electrons. The molecule has 0 aromatic rings. The molecular formula is C20H35BrO4. The molecule has 25 heavy (non-hydrogen) atoms. The Morgan fingerprint density at radius 1 is 0.920 bits per heavy atom. The van der Waals surface area contributed by atoms with Gasteiger partial charge in [0.1, 0.15) is 6.61 Å². The number of carbonyl (C=O) groups excluding carboxylic acids is 2. The molecule has 0 aliphatic carbocycles. The van der Waals surface area contributed by atoms with Crippen LogP contribution in [0.5, 0.6) is 0 Å². The molecule has 0 N–H and O–H groups in total. The average Bonchev–Trinajstić information content (AvgIpc) is 2.57. The molecule has 4 nitrogen and oxygen atoms in total. The van der Waals surface area contributed by atoms with Crippen LogP contribution in [-0.2, 0) is 19.1 Å². The van der Waals surface area contributed by atoms with Gasteiger partial charge in [0.25, 0.3) is 0 Å². The van der Waals surface area contributed by atoms with Crippen LogP contribution in [0, 0.1) is 0 Å². The molecule has 0 aliphatic heterocycles. The van der Waals surface area contributed by atoms with Crippen molar-refractivity contribution >= 4 is 27.9 Å². The van der Waals surface area contributed by atoms with Crippen molar-refractivity contribution in [2.45, 2.75) is 89.3 Å². The Morgan fingerprint density at radius 3 is 1.88 bits per heavy atom. The largest absolute Gasteiger partial charge is 0.465 e. The summed E-state index contributed by atoms with van der Waals surface area (Å²) in [5.74, 6) is -0.911. The molecule has 0 radical (unpaired) electrons. The Labute approximate surface area is 161 Å². The van der Waals surface area contributed by atoms with E-state index >= 15 is 0 Å². The van der Waals surface area contributed by atoms with Gasteiger partial charge in [-0.2, -0.15) is 0 Å². The molecule has 0 fully saturated rings. The van der Waals surface area contributed by atoms with Crippen LogP contribution in [0.15, 0.2) is 12.2 Å². The van der Waals surface area contributed by atoms with Crippen molar-refractivity contribution < 1.29 is 19.1 Å². The van der Waals surface area contributed by atoms with Crippen LogP contribution in [0.1, 0.15) is 85.0 Å². The van der Waals surface area contributed by atoms with Crippen molar-refractivity contribution in [2.75, 3.05) is 13.2 Å². The number of hydrogen-bond donors (Lipinski definition) is 0. The molecule has 0 aliphatic rings. The van der Waals surface area contributed by atoms with Crippen molar-refractivity contribution in [3.05, 3.63) is 12.2 Å². The van der Waals surface area contributed by atoms with Gasteiger partial charge in [0.05, 0.1) is 6.61 Å². The van der Waals surface area contributed by atoms with E-state index in [9.17, 15) is 9.59 Å². The Balaban J connectivity index is 3.65. The predicted molar refractivity (Wildman–Crippen MR) is 106 cm³/mol. The number of rotatable bonds is 15. The third kappa shape index (κ3) is 13.1. The van der Waals surface area contributed by atoms with E-state index in [-0.39, 0.29) is 6.61 Å². The first kappa shape index (κ1) is 24.2. The van der Waals surface area contributed by atoms with Gasteiger partial charge in [-0.1, -0.05) is 87.2 Å². The van der Waals surface area contributed by atoms with Crippen LogP contribution < -0.4 is 0 Å². The lowest BCUT2D eigenvalue weighted by molar-refractivity contribution is -0.150. The van der Waals surface area contributed by atoms with Gasteiger partial charge >= 0.3 is 11.9 Å². The normalized spacial score (nSPS) is 13.1. The fourth-order valence-corrected chi connectivity index (χ4v) is 2.52. The maximum Gasteiger partial charge on any atom is 0.333 e. The Bertz CT molecular complexity index is 405. The van der Waals surface area contributed by atoms with E-state index in [2.05, 4.69) is 29.4 Å². The molecule has 0 amide bonds. The van der Waals surface area contributed by atoms with E-state index in [1.165, 1.54) is 51.4 Å². The van der Waals surface area contributed by atoms with Gasteiger partial charge in [0.2, 0.25) is 0 Å². The van der Waals surface area contributed by atoms with E-state index in [0.717, 1.165) is 12.8 Å². The second-order valence-electron chi connectivity index (χ2n) is 6.87. The van der Waals surface area contributed by atoms with Gasteiger partial charge in [-0.3, -0.25) is 4.79 Å². The van der Waals surface area contributed by atoms with E-state index in [1.54, 1.807) is 13.8 Å². The maximum atomic E-state index is 12.0. The summed E-state index contributed by atoms with van der Waals surface area (Å²) in [5, 5.41) is 0. The van der Waals surface area contributed by atoms with E-state index in [1.807, 2.05) is 0 Å². The van der Waals surface area contributed by atoms with Gasteiger partial charge in [0, 0.05) is 5.57 Å². The number of hydrogen-bond acceptors (Lipinski definition) is 4. The molecular weight excluding hydrogens is 384 g/mol. The summed E-state index contributed by atoms with van der Waals surface area (Å²) in [4.78, 5) is 23.4. The Morgan fingerprint density at radius 2 is 1.40 bits per heavy atom. The lowest BCUT2D eigenvalue weighted by Gasteiger charge is -2.20. The summed E-state index contributed by atoms with van der Waals surface area (Å²) in [6.07, 6.45) is 12.4. The van der Waals surface area contributed by atoms with E-state index in [0.29, 0.717) is 12.2 Å². The van der Waals surface area contributed by atoms with Crippen LogP contribution in [0.25, 0.3) is 0 Å². The minimum Gasteiger partial charge on any atom is -0.465 e. The summed E-state index contributed by atoms with van der Waals surface area (Å²) in [7, 11) is 0. The zero-order valence-corrected chi connectivity index (χ0v) is 17.8. The first-order valence-electron chi connectivity index (χ1n) is 9.50. The molecule has 1 unspecified atom stereocenters. The third-order valence-corrected chi connectivity index (χ3v) is 4.53. The zero-order valence-electron chi connectivity index (χ0n) is 16.2. The van der Waals surface area contributed by atoms with Crippen LogP contribution in [0.2, 0.25) is 0 Å². The zero-order chi connectivity index (χ0) is 19.1. The fraction of sp³-hybridized carbons (Fsp3) is 0.800. The van der Waals surface area contributed by atoms with Crippen molar-refractivity contribution in [2.24, 2.45) is 0 Å². The van der Waals surface area contributed by atoms with Crippen molar-refractivity contribution in [3.8, 4) is 0 Å². The molecule has 1 atom stereocenters. The predicted octanol–water partition coefficient (Wildman–Crippen LogP) is 5.72. The minimum atomic E-state index is -1.02. The highest BCUT2D eigenvalue weighted by atomic mass is 79.9. The second-order valence-corrected chi connectivity index (χ2v) is 8.62. The average molecular weight is 419 g/mol. The highest BCUT2D eigenvalue weighted by Crippen LogP contribution is 2.20. The van der Waals surface area contributed by atoms with Crippen LogP contribution >= 0.6 is 15.9 Å². The monoisotopic (exact) mass is 418 g/mol. The number of ether oxygens (including phenoxy) is 2. The summed E-state index contributed by atoms with van der Waals surface area (Å²) >= 11 is 3.27. The highest BCUT2D eigenvalue weighted by molar-refractivity contribution is 9.10. The van der Waals surface area contributed by atoms with Gasteiger partial charge in [-0.05, 0) is 20.3 Å². The lowest BCUT2D eigenvalue weighted by Crippen LogP contribution is -2.36. The number of esters is 2. The van der Waals surface area contributed by atoms with Crippen LogP contribution in [0.3, 0.4) is 0 Å². The fourth-order valence-electron chi connectivity index (χ4n) is 2.29. The summed E-state index contributed by atoms with van der Waals surface area (Å²) in [5.41, 5.74) is 0.307. The molecule has 0 saturated heterocycles. The standard InChI is InChI=1S/C20H35BrO4/c1-5-6-7-8-9-10-11-12-13-14-15-24-19(23)20(4,21)16-25-18(22)17(2)3/h2,5-16H2,1,3-4H3. The molecule has 0 aromatic carbocycles. The summed E-state index contributed by atoms with van der Waals surface area (Å²) in [6.45, 7) is 9.28. The first-order valence-corrected chi connectivity index (χ1v) is 10.3. The van der Waals surface area contributed by atoms with Crippen molar-refractivity contribution in [3.63, 3.8) is 0 Å². The number of halogens is 1. The summed E-state index contributed by atoms with van der Waals surface area (Å²) in [6, 6.07) is 0. The first-order chi connectivity index (χ1) is 11.8. The van der Waals surface area contributed by atoms with Crippen molar-refractivity contribution in [1.29, 1.82) is 0 Å². The molecule has 0 aromatic heterocycles. The van der Waals surface area contributed by atoms with Gasteiger partial charge in [0.15, 0.2) is 4.32 Å². The number of alkyl halides is 1. The highest BCUT2D eigenvalue weighted by Gasteiger charge is 2.33. The molecule has 0 rings (SSSR count). The van der Waals surface area contributed by atoms with Crippen LogP contribution in [-0.4, -0.2) is 29.5 Å². The molecule has 0 bridgehead atoms. The van der Waals surface area contributed by atoms with E-state index in [4.69, 9.17) is 9.47 Å². The molecule has 0 saturated carbocycles. The number of carbonyl (C=O) groups is 2. The quantitative estimate of drug-likeness (QED) is 0.147.